The van der Waals surface area contributed by atoms with Crippen molar-refractivity contribution in [3.8, 4) is 0 Å². The Hall–Kier alpha value is 3.74. The molecule has 5 heteroatoms. The number of hydrogen-bond donors (Lipinski definition) is 0. The van der Waals surface area contributed by atoms with Crippen LogP contribution in [0.25, 0.3) is 0 Å². The van der Waals surface area contributed by atoms with Gasteiger partial charge in [0.1, 0.15) is 0 Å². The summed E-state index contributed by atoms with van der Waals surface area (Å²) in [4.78, 5) is 0. The van der Waals surface area contributed by atoms with Crippen LogP contribution in [0.5, 0.6) is 0 Å². The van der Waals surface area contributed by atoms with Crippen LogP contribution < -0.4 is 0 Å². The van der Waals surface area contributed by atoms with E-state index in [1.807, 2.05) is 0 Å². The van der Waals surface area contributed by atoms with Crippen molar-refractivity contribution in [2.24, 2.45) is 0 Å². The molecule has 0 spiro atoms. The molecule has 5 heavy (non-hydrogen) atoms. The average Bonchev–Trinajstić information content (AvgIpc) is 1.00. The maximum absolute atomic E-state index is 8.06. The Morgan fingerprint density at radius 3 is 1.20 bits per heavy atom. The van der Waals surface area contributed by atoms with Crippen molar-refractivity contribution in [1.82, 2.24) is 0 Å². The van der Waals surface area contributed by atoms with E-state index in [-0.39, 0.29) is 103 Å². The minimum atomic E-state index is 0. The Labute approximate surface area is 120 Å². The molecule has 0 aliphatic carbocycles. The topological polar surface area (TPSA) is 17.1 Å². The van der Waals surface area contributed by atoms with Gasteiger partial charge in [0.2, 0.25) is 0 Å². The number of hydrogen-bond acceptors (Lipinski definition) is 1. The summed E-state index contributed by atoms with van der Waals surface area (Å²) < 4.78 is 8.06. The average molecular weight is 407 g/mol. The first-order valence-corrected chi connectivity index (χ1v) is 0.636. The molecule has 2 radical (unpaired) electrons. The summed E-state index contributed by atoms with van der Waals surface area (Å²) in [6, 6.07) is 0. The number of rotatable bonds is 0. The third-order valence-electron chi connectivity index (χ3n) is 0. The van der Waals surface area contributed by atoms with Crippen LogP contribution in [0.1, 0.15) is 0 Å². The molecule has 0 saturated heterocycles. The van der Waals surface area contributed by atoms with E-state index >= 15 is 0 Å². The fourth-order valence-electron chi connectivity index (χ4n) is 0. The first kappa shape index (κ1) is 23.3. The molecule has 0 bridgehead atoms. The molecule has 0 fully saturated rings. The van der Waals surface area contributed by atoms with E-state index in [1.165, 1.54) is 0 Å². The summed E-state index contributed by atoms with van der Waals surface area (Å²) in [5.41, 5.74) is 0. The third kappa shape index (κ3) is 18.2. The Kier molecular flexibility index (Phi) is 117. The summed E-state index contributed by atoms with van der Waals surface area (Å²) >= 11 is 1.69. The summed E-state index contributed by atoms with van der Waals surface area (Å²) in [5, 5.41) is 0. The van der Waals surface area contributed by atoms with Crippen LogP contribution >= 0.6 is 0 Å². The van der Waals surface area contributed by atoms with Gasteiger partial charge < -0.3 is 0 Å². The maximum atomic E-state index is 8.06. The van der Waals surface area contributed by atoms with Crippen molar-refractivity contribution in [2.75, 3.05) is 0 Å². The van der Waals surface area contributed by atoms with Gasteiger partial charge in [0.05, 0.1) is 0 Å². The van der Waals surface area contributed by atoms with Gasteiger partial charge in [0.15, 0.2) is 0 Å². The standard InChI is InChI=1S/Ag.La.Mn.O.Sr.2H. The van der Waals surface area contributed by atoms with E-state index in [9.17, 15) is 0 Å². The van der Waals surface area contributed by atoms with Crippen molar-refractivity contribution in [1.29, 1.82) is 0 Å². The molecular formula is H2AgLaMnOSr. The van der Waals surface area contributed by atoms with Crippen LogP contribution in [0, 0.1) is 35.6 Å². The SMILES string of the molecule is [Ag].[La].[O]=[Mn].[SrH2]. The van der Waals surface area contributed by atoms with Crippen LogP contribution in [0.15, 0.2) is 0 Å². The molecule has 0 N–H and O–H groups in total. The van der Waals surface area contributed by atoms with Gasteiger partial charge in [-0.2, -0.15) is 0 Å². The van der Waals surface area contributed by atoms with Crippen molar-refractivity contribution in [3.05, 3.63) is 0 Å². The van der Waals surface area contributed by atoms with E-state index in [2.05, 4.69) is 0 Å². The Morgan fingerprint density at radius 2 is 1.20 bits per heavy atom. The monoisotopic (exact) mass is 407 g/mol. The second-order valence-electron chi connectivity index (χ2n) is 0. The van der Waals surface area contributed by atoms with Crippen molar-refractivity contribution >= 4 is 45.5 Å². The van der Waals surface area contributed by atoms with E-state index in [0.717, 1.165) is 0 Å². The van der Waals surface area contributed by atoms with Crippen LogP contribution in [0.2, 0.25) is 0 Å². The van der Waals surface area contributed by atoms with Gasteiger partial charge in [0, 0.05) is 58.0 Å². The van der Waals surface area contributed by atoms with Crippen LogP contribution in [-0.4, -0.2) is 45.5 Å². The summed E-state index contributed by atoms with van der Waals surface area (Å²) in [6.07, 6.45) is 0. The molecule has 0 amide bonds. The van der Waals surface area contributed by atoms with Gasteiger partial charge in [0.25, 0.3) is 0 Å². The quantitative estimate of drug-likeness (QED) is 0.469. The molecule has 1 nitrogen and oxygen atoms in total. The molecular weight excluding hydrogens is 405 g/mol. The zero-order valence-electron chi connectivity index (χ0n) is 1.67. The molecule has 31 valence electrons. The predicted molar refractivity (Wildman–Crippen MR) is 9.23 cm³/mol. The van der Waals surface area contributed by atoms with Gasteiger partial charge in [-0.3, -0.25) is 0 Å². The van der Waals surface area contributed by atoms with Crippen molar-refractivity contribution in [2.45, 2.75) is 0 Å². The van der Waals surface area contributed by atoms with Crippen LogP contribution in [-0.2, 0) is 42.2 Å². The van der Waals surface area contributed by atoms with E-state index in [1.54, 1.807) is 15.9 Å². The first-order chi connectivity index (χ1) is 1.00. The van der Waals surface area contributed by atoms with Crippen LogP contribution in [0.3, 0.4) is 0 Å². The zero-order chi connectivity index (χ0) is 2.00. The molecule has 0 rings (SSSR count). The molecule has 0 saturated carbocycles. The molecule has 0 unspecified atom stereocenters. The fourth-order valence-corrected chi connectivity index (χ4v) is 0. The molecule has 0 aliphatic rings. The summed E-state index contributed by atoms with van der Waals surface area (Å²) in [6.45, 7) is 0. The van der Waals surface area contributed by atoms with Crippen molar-refractivity contribution in [3.63, 3.8) is 0 Å². The minimum absolute atomic E-state index is 0. The summed E-state index contributed by atoms with van der Waals surface area (Å²) in [5.74, 6) is 0. The predicted octanol–water partition coefficient (Wildman–Crippen LogP) is -1.04. The molecule has 0 aliphatic heterocycles. The molecule has 0 aromatic heterocycles. The normalized spacial score (nSPS) is 0.800. The van der Waals surface area contributed by atoms with Gasteiger partial charge in [-0.15, -0.1) is 0 Å². The Balaban J connectivity index is -0.00000000167. The van der Waals surface area contributed by atoms with Gasteiger partial charge in [-0.1, -0.05) is 0 Å². The molecule has 0 aromatic carbocycles. The van der Waals surface area contributed by atoms with E-state index < -0.39 is 0 Å². The van der Waals surface area contributed by atoms with Gasteiger partial charge >= 0.3 is 65.3 Å². The van der Waals surface area contributed by atoms with Gasteiger partial charge in [-0.05, 0) is 0 Å². The fraction of sp³-hybridized carbons (Fsp3) is 0. The van der Waals surface area contributed by atoms with Crippen molar-refractivity contribution < 1.29 is 77.8 Å². The molecule has 0 atom stereocenters. The van der Waals surface area contributed by atoms with Crippen LogP contribution in [0.4, 0.5) is 0 Å². The molecule has 0 aromatic rings. The Bertz CT molecular complexity index is 11.6. The van der Waals surface area contributed by atoms with Gasteiger partial charge in [-0.25, -0.2) is 0 Å². The van der Waals surface area contributed by atoms with E-state index in [4.69, 9.17) is 3.83 Å². The Morgan fingerprint density at radius 1 is 1.20 bits per heavy atom. The first-order valence-electron chi connectivity index (χ1n) is 0.154. The second kappa shape index (κ2) is 25.2. The molecule has 0 heterocycles. The van der Waals surface area contributed by atoms with E-state index in [0.29, 0.717) is 0 Å². The second-order valence-corrected chi connectivity index (χ2v) is 0. The third-order valence-corrected chi connectivity index (χ3v) is 0. The summed E-state index contributed by atoms with van der Waals surface area (Å²) in [7, 11) is 0. The zero-order valence-corrected chi connectivity index (χ0v) is 7.95.